The summed E-state index contributed by atoms with van der Waals surface area (Å²) in [6.45, 7) is 2.68. The first kappa shape index (κ1) is 14.1. The molecule has 0 aromatic heterocycles. The number of rotatable bonds is 3. The van der Waals surface area contributed by atoms with Gasteiger partial charge in [-0.2, -0.15) is 0 Å². The van der Waals surface area contributed by atoms with Gasteiger partial charge in [0.15, 0.2) is 0 Å². The number of amides is 2. The summed E-state index contributed by atoms with van der Waals surface area (Å²) >= 11 is 0. The molecule has 1 aliphatic heterocycles. The second-order valence-corrected chi connectivity index (χ2v) is 6.28. The van der Waals surface area contributed by atoms with Crippen molar-refractivity contribution in [1.82, 2.24) is 10.2 Å². The van der Waals surface area contributed by atoms with Crippen LogP contribution < -0.4 is 5.32 Å². The molecule has 4 heteroatoms. The number of hydrogen-bond acceptors (Lipinski definition) is 2. The van der Waals surface area contributed by atoms with Crippen LogP contribution in [0, 0.1) is 5.92 Å². The van der Waals surface area contributed by atoms with Gasteiger partial charge < -0.3 is 10.2 Å². The number of carbonyl (C=O) groups is 2. The first-order valence-corrected chi connectivity index (χ1v) is 7.76. The fourth-order valence-corrected chi connectivity index (χ4v) is 3.58. The van der Waals surface area contributed by atoms with Crippen molar-refractivity contribution in [3.05, 3.63) is 35.9 Å². The van der Waals surface area contributed by atoms with Gasteiger partial charge in [0.2, 0.25) is 5.91 Å². The van der Waals surface area contributed by atoms with E-state index in [2.05, 4.69) is 5.32 Å². The lowest BCUT2D eigenvalue weighted by molar-refractivity contribution is -0.154. The van der Waals surface area contributed by atoms with Crippen LogP contribution in [0.3, 0.4) is 0 Å². The average Bonchev–Trinajstić information content (AvgIpc) is 3.02. The molecule has 1 N–H and O–H groups in total. The fraction of sp³-hybridized carbons (Fsp3) is 0.529. The largest absolute Gasteiger partial charge is 0.345 e. The Kier molecular flexibility index (Phi) is 3.70. The summed E-state index contributed by atoms with van der Waals surface area (Å²) in [4.78, 5) is 26.8. The van der Waals surface area contributed by atoms with Crippen LogP contribution >= 0.6 is 0 Å². The Balaban J connectivity index is 1.95. The summed E-state index contributed by atoms with van der Waals surface area (Å²) in [5.74, 6) is 0.474. The first-order chi connectivity index (χ1) is 10.1. The van der Waals surface area contributed by atoms with E-state index in [9.17, 15) is 9.59 Å². The molecule has 1 atom stereocenters. The average molecular weight is 286 g/mol. The second kappa shape index (κ2) is 5.51. The van der Waals surface area contributed by atoms with Crippen molar-refractivity contribution in [3.63, 3.8) is 0 Å². The molecule has 2 fully saturated rings. The Morgan fingerprint density at radius 2 is 1.86 bits per heavy atom. The molecule has 112 valence electrons. The van der Waals surface area contributed by atoms with E-state index in [-0.39, 0.29) is 18.4 Å². The van der Waals surface area contributed by atoms with Crippen LogP contribution in [0.2, 0.25) is 0 Å². The molecule has 1 heterocycles. The van der Waals surface area contributed by atoms with Gasteiger partial charge in [-0.15, -0.1) is 0 Å². The van der Waals surface area contributed by atoms with E-state index in [1.54, 1.807) is 4.90 Å². The van der Waals surface area contributed by atoms with Crippen LogP contribution in [0.15, 0.2) is 30.3 Å². The smallest absolute Gasteiger partial charge is 0.250 e. The maximum atomic E-state index is 12.5. The van der Waals surface area contributed by atoms with Gasteiger partial charge in [0.1, 0.15) is 5.54 Å². The van der Waals surface area contributed by atoms with E-state index >= 15 is 0 Å². The van der Waals surface area contributed by atoms with E-state index in [1.165, 1.54) is 12.8 Å². The zero-order valence-corrected chi connectivity index (χ0v) is 12.5. The predicted molar refractivity (Wildman–Crippen MR) is 80.5 cm³/mol. The Hall–Kier alpha value is -1.84. The van der Waals surface area contributed by atoms with Crippen molar-refractivity contribution in [2.24, 2.45) is 5.92 Å². The highest BCUT2D eigenvalue weighted by Crippen LogP contribution is 2.34. The maximum Gasteiger partial charge on any atom is 0.250 e. The molecule has 0 bridgehead atoms. The number of piperazine rings is 1. The highest BCUT2D eigenvalue weighted by molar-refractivity contribution is 5.98. The third-order valence-corrected chi connectivity index (χ3v) is 4.93. The van der Waals surface area contributed by atoms with Crippen molar-refractivity contribution < 1.29 is 9.59 Å². The Labute approximate surface area is 125 Å². The van der Waals surface area contributed by atoms with Crippen molar-refractivity contribution in [2.45, 2.75) is 38.1 Å². The monoisotopic (exact) mass is 286 g/mol. The molecule has 0 radical (unpaired) electrons. The quantitative estimate of drug-likeness (QED) is 0.924. The van der Waals surface area contributed by atoms with Gasteiger partial charge in [-0.1, -0.05) is 43.2 Å². The van der Waals surface area contributed by atoms with Crippen LogP contribution in [-0.2, 0) is 15.1 Å². The molecule has 21 heavy (non-hydrogen) atoms. The molecule has 3 rings (SSSR count). The zero-order chi connectivity index (χ0) is 14.9. The minimum absolute atomic E-state index is 0.0212. The molecule has 2 aliphatic rings. The second-order valence-electron chi connectivity index (χ2n) is 6.28. The SMILES string of the molecule is CC1(c2ccccc2)C(=O)NCC(=O)N1CC1CCCC1. The molecule has 1 saturated heterocycles. The van der Waals surface area contributed by atoms with Gasteiger partial charge in [-0.3, -0.25) is 9.59 Å². The van der Waals surface area contributed by atoms with Crippen molar-refractivity contribution in [3.8, 4) is 0 Å². The van der Waals surface area contributed by atoms with Gasteiger partial charge in [0, 0.05) is 6.54 Å². The summed E-state index contributed by atoms with van der Waals surface area (Å²) in [5, 5.41) is 2.75. The van der Waals surface area contributed by atoms with Gasteiger partial charge in [-0.25, -0.2) is 0 Å². The number of nitrogens with zero attached hydrogens (tertiary/aromatic N) is 1. The van der Waals surface area contributed by atoms with Crippen LogP contribution in [0.1, 0.15) is 38.2 Å². The highest BCUT2D eigenvalue weighted by atomic mass is 16.2. The lowest BCUT2D eigenvalue weighted by atomic mass is 9.86. The molecule has 1 unspecified atom stereocenters. The summed E-state index contributed by atoms with van der Waals surface area (Å²) in [5.41, 5.74) is -0.00679. The number of benzene rings is 1. The predicted octanol–water partition coefficient (Wildman–Crippen LogP) is 2.05. The number of carbonyl (C=O) groups excluding carboxylic acids is 2. The summed E-state index contributed by atoms with van der Waals surface area (Å²) in [6.07, 6.45) is 4.80. The van der Waals surface area contributed by atoms with Crippen LogP contribution in [0.5, 0.6) is 0 Å². The third kappa shape index (κ3) is 2.43. The maximum absolute atomic E-state index is 12.5. The Morgan fingerprint density at radius 3 is 2.52 bits per heavy atom. The molecule has 1 aromatic rings. The number of hydrogen-bond donors (Lipinski definition) is 1. The van der Waals surface area contributed by atoms with Gasteiger partial charge in [0.05, 0.1) is 6.54 Å². The molecule has 0 spiro atoms. The summed E-state index contributed by atoms with van der Waals surface area (Å²) in [6, 6.07) is 9.62. The van der Waals surface area contributed by atoms with Gasteiger partial charge in [-0.05, 0) is 31.2 Å². The van der Waals surface area contributed by atoms with Crippen molar-refractivity contribution in [2.75, 3.05) is 13.1 Å². The normalized spacial score (nSPS) is 27.0. The van der Waals surface area contributed by atoms with E-state index in [0.717, 1.165) is 18.4 Å². The molecule has 2 amide bonds. The van der Waals surface area contributed by atoms with Crippen LogP contribution in [0.25, 0.3) is 0 Å². The summed E-state index contributed by atoms with van der Waals surface area (Å²) < 4.78 is 0. The lowest BCUT2D eigenvalue weighted by Gasteiger charge is -2.44. The van der Waals surface area contributed by atoms with Crippen molar-refractivity contribution >= 4 is 11.8 Å². The molecular formula is C17H22N2O2. The minimum atomic E-state index is -0.890. The Bertz CT molecular complexity index is 537. The molecule has 4 nitrogen and oxygen atoms in total. The fourth-order valence-electron chi connectivity index (χ4n) is 3.58. The molecule has 1 aromatic carbocycles. The van der Waals surface area contributed by atoms with Crippen LogP contribution in [-0.4, -0.2) is 29.8 Å². The van der Waals surface area contributed by atoms with E-state index in [1.807, 2.05) is 37.3 Å². The van der Waals surface area contributed by atoms with Crippen LogP contribution in [0.4, 0.5) is 0 Å². The van der Waals surface area contributed by atoms with E-state index in [4.69, 9.17) is 0 Å². The first-order valence-electron chi connectivity index (χ1n) is 7.76. The topological polar surface area (TPSA) is 49.4 Å². The zero-order valence-electron chi connectivity index (χ0n) is 12.5. The van der Waals surface area contributed by atoms with E-state index in [0.29, 0.717) is 12.5 Å². The van der Waals surface area contributed by atoms with Gasteiger partial charge >= 0.3 is 0 Å². The lowest BCUT2D eigenvalue weighted by Crippen LogP contribution is -2.64. The molecule has 1 aliphatic carbocycles. The Morgan fingerprint density at radius 1 is 1.19 bits per heavy atom. The minimum Gasteiger partial charge on any atom is -0.345 e. The summed E-state index contributed by atoms with van der Waals surface area (Å²) in [7, 11) is 0. The molecular weight excluding hydrogens is 264 g/mol. The third-order valence-electron chi connectivity index (χ3n) is 4.93. The molecule has 1 saturated carbocycles. The van der Waals surface area contributed by atoms with E-state index < -0.39 is 5.54 Å². The standard InChI is InChI=1S/C17H22N2O2/c1-17(14-9-3-2-4-10-14)16(21)18-11-15(20)19(17)12-13-7-5-6-8-13/h2-4,9-10,13H,5-8,11-12H2,1H3,(H,18,21). The number of nitrogens with one attached hydrogen (secondary N) is 1. The highest BCUT2D eigenvalue weighted by Gasteiger charge is 2.47. The van der Waals surface area contributed by atoms with Crippen molar-refractivity contribution in [1.29, 1.82) is 0 Å². The van der Waals surface area contributed by atoms with Gasteiger partial charge in [0.25, 0.3) is 5.91 Å².